The van der Waals surface area contributed by atoms with Crippen LogP contribution in [-0.2, 0) is 9.53 Å². The lowest BCUT2D eigenvalue weighted by molar-refractivity contribution is -0.247. The molecule has 148 valence electrons. The second-order valence-electron chi connectivity index (χ2n) is 10.3. The SMILES string of the molecule is CO[C@@]1(O)CC[C@@]2(C)[C@@H](CC[C@@H]3[C@@H]2CC[C@]2(C)[C@@H](C(=O)CBr)CC[C@@H]32)C1. The molecule has 4 saturated carbocycles. The van der Waals surface area contributed by atoms with Gasteiger partial charge in [0.15, 0.2) is 5.79 Å². The Balaban J connectivity index is 1.58. The van der Waals surface area contributed by atoms with Crippen LogP contribution in [0.25, 0.3) is 0 Å². The molecule has 4 aliphatic carbocycles. The van der Waals surface area contributed by atoms with Crippen molar-refractivity contribution in [1.29, 1.82) is 0 Å². The standard InChI is InChI=1S/C22H35BrO3/c1-20-10-11-22(25,26-3)12-14(20)4-5-15-16-6-7-18(19(24)13-23)21(16,2)9-8-17(15)20/h14-18,25H,4-13H2,1-3H3/t14-,15-,16-,17-,18+,20-,21-,22-/m0/s1. The molecule has 0 heterocycles. The van der Waals surface area contributed by atoms with E-state index in [4.69, 9.17) is 4.74 Å². The van der Waals surface area contributed by atoms with Gasteiger partial charge >= 0.3 is 0 Å². The second kappa shape index (κ2) is 6.56. The molecule has 26 heavy (non-hydrogen) atoms. The Kier molecular flexibility index (Phi) is 4.89. The Labute approximate surface area is 166 Å². The quantitative estimate of drug-likeness (QED) is 0.513. The van der Waals surface area contributed by atoms with Crippen LogP contribution in [0.4, 0.5) is 0 Å². The normalized spacial score (nSPS) is 53.5. The molecule has 4 fully saturated rings. The molecule has 0 aliphatic heterocycles. The lowest BCUT2D eigenvalue weighted by Gasteiger charge is -2.61. The van der Waals surface area contributed by atoms with Crippen LogP contribution in [0, 0.1) is 40.4 Å². The van der Waals surface area contributed by atoms with Crippen molar-refractivity contribution in [2.24, 2.45) is 40.4 Å². The Morgan fingerprint density at radius 1 is 1.04 bits per heavy atom. The van der Waals surface area contributed by atoms with Gasteiger partial charge in [0.25, 0.3) is 0 Å². The molecular weight excluding hydrogens is 392 g/mol. The van der Waals surface area contributed by atoms with Crippen LogP contribution in [0.2, 0.25) is 0 Å². The van der Waals surface area contributed by atoms with E-state index in [1.54, 1.807) is 7.11 Å². The van der Waals surface area contributed by atoms with Gasteiger partial charge < -0.3 is 9.84 Å². The summed E-state index contributed by atoms with van der Waals surface area (Å²) in [5, 5.41) is 11.2. The summed E-state index contributed by atoms with van der Waals surface area (Å²) in [5.74, 6) is 2.62. The van der Waals surface area contributed by atoms with Crippen molar-refractivity contribution >= 4 is 21.7 Å². The molecule has 0 aromatic heterocycles. The fourth-order valence-electron chi connectivity index (χ4n) is 8.02. The highest BCUT2D eigenvalue weighted by molar-refractivity contribution is 9.09. The van der Waals surface area contributed by atoms with Crippen molar-refractivity contribution in [3.05, 3.63) is 0 Å². The van der Waals surface area contributed by atoms with Gasteiger partial charge in [-0.2, -0.15) is 0 Å². The lowest BCUT2D eigenvalue weighted by Crippen LogP contribution is -2.56. The van der Waals surface area contributed by atoms with Gasteiger partial charge in [0.1, 0.15) is 5.78 Å². The van der Waals surface area contributed by atoms with Crippen molar-refractivity contribution in [2.75, 3.05) is 12.4 Å². The molecule has 0 spiro atoms. The molecule has 0 amide bonds. The Hall–Kier alpha value is 0.0700. The molecule has 4 rings (SSSR count). The molecule has 8 atom stereocenters. The number of methoxy groups -OCH3 is 1. The third-order valence-corrected chi connectivity index (χ3v) is 10.1. The molecule has 0 radical (unpaired) electrons. The van der Waals surface area contributed by atoms with E-state index in [0.29, 0.717) is 22.4 Å². The zero-order valence-electron chi connectivity index (χ0n) is 16.6. The maximum absolute atomic E-state index is 12.5. The van der Waals surface area contributed by atoms with E-state index in [-0.39, 0.29) is 11.3 Å². The number of hydrogen-bond acceptors (Lipinski definition) is 3. The second-order valence-corrected chi connectivity index (χ2v) is 10.8. The van der Waals surface area contributed by atoms with Crippen LogP contribution >= 0.6 is 15.9 Å². The summed E-state index contributed by atoms with van der Waals surface area (Å²) in [6.45, 7) is 4.92. The fourth-order valence-corrected chi connectivity index (χ4v) is 8.41. The van der Waals surface area contributed by atoms with Gasteiger partial charge in [-0.05, 0) is 79.4 Å². The lowest BCUT2D eigenvalue weighted by atomic mass is 9.44. The van der Waals surface area contributed by atoms with Crippen LogP contribution in [0.5, 0.6) is 0 Å². The maximum Gasteiger partial charge on any atom is 0.165 e. The predicted molar refractivity (Wildman–Crippen MR) is 106 cm³/mol. The number of carbonyl (C=O) groups excluding carboxylic acids is 1. The number of carbonyl (C=O) groups is 1. The highest BCUT2D eigenvalue weighted by atomic mass is 79.9. The molecule has 0 aromatic rings. The van der Waals surface area contributed by atoms with Crippen LogP contribution in [0.3, 0.4) is 0 Å². The number of ether oxygens (including phenoxy) is 1. The molecule has 0 aromatic carbocycles. The number of fused-ring (bicyclic) bond motifs is 5. The molecule has 0 bridgehead atoms. The molecule has 0 unspecified atom stereocenters. The number of hydrogen-bond donors (Lipinski definition) is 1. The van der Waals surface area contributed by atoms with Crippen molar-refractivity contribution in [1.82, 2.24) is 0 Å². The van der Waals surface area contributed by atoms with Crippen molar-refractivity contribution < 1.29 is 14.6 Å². The Morgan fingerprint density at radius 3 is 2.46 bits per heavy atom. The number of Topliss-reactive ketones (excluding diaryl/α,β-unsaturated/α-hetero) is 1. The summed E-state index contributed by atoms with van der Waals surface area (Å²) >= 11 is 3.42. The summed E-state index contributed by atoms with van der Waals surface area (Å²) in [5.41, 5.74) is 0.559. The maximum atomic E-state index is 12.5. The summed E-state index contributed by atoms with van der Waals surface area (Å²) in [6.07, 6.45) is 9.95. The largest absolute Gasteiger partial charge is 0.365 e. The van der Waals surface area contributed by atoms with Gasteiger partial charge in [0.2, 0.25) is 0 Å². The minimum atomic E-state index is -0.902. The predicted octanol–water partition coefficient (Wildman–Crippen LogP) is 4.94. The van der Waals surface area contributed by atoms with Crippen LogP contribution in [-0.4, -0.2) is 29.1 Å². The minimum absolute atomic E-state index is 0.219. The van der Waals surface area contributed by atoms with Gasteiger partial charge in [-0.1, -0.05) is 29.8 Å². The van der Waals surface area contributed by atoms with Crippen LogP contribution < -0.4 is 0 Å². The first-order valence-electron chi connectivity index (χ1n) is 10.6. The zero-order valence-corrected chi connectivity index (χ0v) is 18.2. The third-order valence-electron chi connectivity index (χ3n) is 9.59. The van der Waals surface area contributed by atoms with Crippen molar-refractivity contribution in [3.8, 4) is 0 Å². The summed E-state index contributed by atoms with van der Waals surface area (Å²) in [6, 6.07) is 0. The molecule has 1 N–H and O–H groups in total. The summed E-state index contributed by atoms with van der Waals surface area (Å²) < 4.78 is 5.46. The van der Waals surface area contributed by atoms with E-state index in [0.717, 1.165) is 43.4 Å². The smallest absolute Gasteiger partial charge is 0.165 e. The Morgan fingerprint density at radius 2 is 1.77 bits per heavy atom. The molecule has 0 saturated heterocycles. The number of aliphatic hydroxyl groups is 1. The first-order chi connectivity index (χ1) is 12.3. The highest BCUT2D eigenvalue weighted by Gasteiger charge is 2.62. The monoisotopic (exact) mass is 426 g/mol. The Bertz CT molecular complexity index is 580. The summed E-state index contributed by atoms with van der Waals surface area (Å²) in [4.78, 5) is 12.5. The van der Waals surface area contributed by atoms with E-state index >= 15 is 0 Å². The first-order valence-corrected chi connectivity index (χ1v) is 11.8. The highest BCUT2D eigenvalue weighted by Crippen LogP contribution is 2.68. The van der Waals surface area contributed by atoms with E-state index in [1.165, 1.54) is 32.1 Å². The number of alkyl halides is 1. The number of rotatable bonds is 3. The average Bonchev–Trinajstić information content (AvgIpc) is 2.99. The molecule has 4 heteroatoms. The zero-order chi connectivity index (χ0) is 18.7. The minimum Gasteiger partial charge on any atom is -0.365 e. The van der Waals surface area contributed by atoms with Gasteiger partial charge in [-0.25, -0.2) is 0 Å². The van der Waals surface area contributed by atoms with E-state index in [2.05, 4.69) is 29.8 Å². The number of ketones is 1. The average molecular weight is 427 g/mol. The van der Waals surface area contributed by atoms with Gasteiger partial charge in [-0.15, -0.1) is 0 Å². The van der Waals surface area contributed by atoms with Gasteiger partial charge in [0, 0.05) is 25.9 Å². The van der Waals surface area contributed by atoms with Crippen LogP contribution in [0.1, 0.15) is 71.6 Å². The van der Waals surface area contributed by atoms with Gasteiger partial charge in [-0.3, -0.25) is 4.79 Å². The first kappa shape index (κ1) is 19.4. The van der Waals surface area contributed by atoms with E-state index in [9.17, 15) is 9.90 Å². The third kappa shape index (κ3) is 2.69. The van der Waals surface area contributed by atoms with E-state index in [1.807, 2.05) is 0 Å². The van der Waals surface area contributed by atoms with Crippen molar-refractivity contribution in [2.45, 2.75) is 77.4 Å². The molecule has 3 nitrogen and oxygen atoms in total. The van der Waals surface area contributed by atoms with Gasteiger partial charge in [0.05, 0.1) is 5.33 Å². The molecule has 4 aliphatic rings. The van der Waals surface area contributed by atoms with Crippen molar-refractivity contribution in [3.63, 3.8) is 0 Å². The topological polar surface area (TPSA) is 46.5 Å². The number of halogens is 1. The fraction of sp³-hybridized carbons (Fsp3) is 0.955. The van der Waals surface area contributed by atoms with E-state index < -0.39 is 5.79 Å². The molecular formula is C22H35BrO3. The van der Waals surface area contributed by atoms with Crippen LogP contribution in [0.15, 0.2) is 0 Å². The summed E-state index contributed by atoms with van der Waals surface area (Å²) in [7, 11) is 1.65.